The van der Waals surface area contributed by atoms with Gasteiger partial charge in [0.1, 0.15) is 0 Å². The topological polar surface area (TPSA) is 52.3 Å². The van der Waals surface area contributed by atoms with Crippen LogP contribution >= 0.6 is 0 Å². The molecule has 0 aliphatic carbocycles. The molecule has 82 valence electrons. The van der Waals surface area contributed by atoms with Crippen molar-refractivity contribution in [1.29, 1.82) is 0 Å². The third-order valence-corrected chi connectivity index (χ3v) is 2.40. The summed E-state index contributed by atoms with van der Waals surface area (Å²) in [5.74, 6) is -0.00699. The van der Waals surface area contributed by atoms with Gasteiger partial charge in [0.2, 0.25) is 0 Å². The van der Waals surface area contributed by atoms with Crippen molar-refractivity contribution < 1.29 is 9.53 Å². The number of rotatable bonds is 5. The first kappa shape index (κ1) is 13.2. The highest BCUT2D eigenvalue weighted by molar-refractivity contribution is 5.86. The monoisotopic (exact) mass is 199 g/mol. The number of ether oxygens (including phenoxy) is 1. The Hall–Kier alpha value is -0.830. The number of carbonyl (C=O) groups excluding carboxylic acids is 1. The molecule has 0 heterocycles. The summed E-state index contributed by atoms with van der Waals surface area (Å²) in [6.07, 6.45) is 0.780. The molecule has 0 aromatic rings. The lowest BCUT2D eigenvalue weighted by atomic mass is 9.88. The van der Waals surface area contributed by atoms with Gasteiger partial charge in [-0.1, -0.05) is 13.5 Å². The molecule has 1 unspecified atom stereocenters. The van der Waals surface area contributed by atoms with E-state index in [1.54, 1.807) is 6.92 Å². The number of hydrogen-bond acceptors (Lipinski definition) is 3. The average molecular weight is 199 g/mol. The van der Waals surface area contributed by atoms with Crippen LogP contribution < -0.4 is 5.73 Å². The van der Waals surface area contributed by atoms with E-state index < -0.39 is 0 Å². The molecule has 1 atom stereocenters. The fourth-order valence-corrected chi connectivity index (χ4v) is 0.824. The van der Waals surface area contributed by atoms with Crippen molar-refractivity contribution in [2.75, 3.05) is 6.61 Å². The summed E-state index contributed by atoms with van der Waals surface area (Å²) in [5, 5.41) is 0. The average Bonchev–Trinajstić information content (AvgIpc) is 2.01. The summed E-state index contributed by atoms with van der Waals surface area (Å²) in [4.78, 5) is 11.0. The number of esters is 1. The van der Waals surface area contributed by atoms with Crippen LogP contribution in [0.25, 0.3) is 0 Å². The van der Waals surface area contributed by atoms with Gasteiger partial charge >= 0.3 is 5.97 Å². The van der Waals surface area contributed by atoms with Gasteiger partial charge in [0, 0.05) is 11.1 Å². The maximum absolute atomic E-state index is 11.0. The normalized spacial score (nSPS) is 13.5. The standard InChI is InChI=1S/C11H21NO2/c1-8(2)10(13)14-7-6-9(3)11(4,5)12/h9H,1,6-7,12H2,2-5H3. The number of hydrogen-bond donors (Lipinski definition) is 1. The number of carbonyl (C=O) groups is 1. The Bertz CT molecular complexity index is 216. The summed E-state index contributed by atoms with van der Waals surface area (Å²) in [7, 11) is 0. The summed E-state index contributed by atoms with van der Waals surface area (Å²) in [6, 6.07) is 0. The minimum Gasteiger partial charge on any atom is -0.462 e. The van der Waals surface area contributed by atoms with E-state index in [9.17, 15) is 4.79 Å². The fraction of sp³-hybridized carbons (Fsp3) is 0.727. The van der Waals surface area contributed by atoms with E-state index in [0.29, 0.717) is 18.1 Å². The third kappa shape index (κ3) is 5.02. The first-order valence-corrected chi connectivity index (χ1v) is 4.86. The lowest BCUT2D eigenvalue weighted by Crippen LogP contribution is -2.39. The van der Waals surface area contributed by atoms with Gasteiger partial charge in [-0.2, -0.15) is 0 Å². The predicted molar refractivity (Wildman–Crippen MR) is 57.8 cm³/mol. The second-order valence-corrected chi connectivity index (χ2v) is 4.43. The maximum atomic E-state index is 11.0. The minimum atomic E-state index is -0.327. The maximum Gasteiger partial charge on any atom is 0.333 e. The Morgan fingerprint density at radius 2 is 2.07 bits per heavy atom. The molecule has 0 amide bonds. The van der Waals surface area contributed by atoms with E-state index >= 15 is 0 Å². The lowest BCUT2D eigenvalue weighted by Gasteiger charge is -2.26. The molecule has 0 aromatic heterocycles. The molecule has 3 heteroatoms. The third-order valence-electron chi connectivity index (χ3n) is 2.40. The molecule has 0 aliphatic rings. The van der Waals surface area contributed by atoms with Crippen molar-refractivity contribution in [1.82, 2.24) is 0 Å². The van der Waals surface area contributed by atoms with Crippen LogP contribution in [0, 0.1) is 5.92 Å². The van der Waals surface area contributed by atoms with Crippen molar-refractivity contribution in [2.24, 2.45) is 11.7 Å². The molecular weight excluding hydrogens is 178 g/mol. The highest BCUT2D eigenvalue weighted by Crippen LogP contribution is 2.16. The predicted octanol–water partition coefficient (Wildman–Crippen LogP) is 1.87. The molecule has 14 heavy (non-hydrogen) atoms. The molecule has 2 N–H and O–H groups in total. The summed E-state index contributed by atoms with van der Waals surface area (Å²) in [6.45, 7) is 11.5. The van der Waals surface area contributed by atoms with Crippen LogP contribution in [0.3, 0.4) is 0 Å². The fourth-order valence-electron chi connectivity index (χ4n) is 0.824. The highest BCUT2D eigenvalue weighted by atomic mass is 16.5. The minimum absolute atomic E-state index is 0.227. The first-order valence-electron chi connectivity index (χ1n) is 4.86. The van der Waals surface area contributed by atoms with E-state index in [1.807, 2.05) is 13.8 Å². The molecule has 0 saturated carbocycles. The summed E-state index contributed by atoms with van der Waals surface area (Å²) < 4.78 is 4.98. The molecular formula is C11H21NO2. The van der Waals surface area contributed by atoms with Gasteiger partial charge < -0.3 is 10.5 Å². The second-order valence-electron chi connectivity index (χ2n) is 4.43. The SMILES string of the molecule is C=C(C)C(=O)OCCC(C)C(C)(C)N. The van der Waals surface area contributed by atoms with Crippen LogP contribution in [0.5, 0.6) is 0 Å². The van der Waals surface area contributed by atoms with Crippen LogP contribution in [-0.2, 0) is 9.53 Å². The molecule has 0 saturated heterocycles. The van der Waals surface area contributed by atoms with Crippen LogP contribution in [0.15, 0.2) is 12.2 Å². The van der Waals surface area contributed by atoms with Gasteiger partial charge in [0.15, 0.2) is 0 Å². The van der Waals surface area contributed by atoms with Gasteiger partial charge in [-0.3, -0.25) is 0 Å². The largest absolute Gasteiger partial charge is 0.462 e. The summed E-state index contributed by atoms with van der Waals surface area (Å²) in [5.41, 5.74) is 6.11. The lowest BCUT2D eigenvalue weighted by molar-refractivity contribution is -0.139. The molecule has 0 bridgehead atoms. The number of nitrogens with two attached hydrogens (primary N) is 1. The highest BCUT2D eigenvalue weighted by Gasteiger charge is 2.20. The quantitative estimate of drug-likeness (QED) is 0.543. The second kappa shape index (κ2) is 5.15. The van der Waals surface area contributed by atoms with Gasteiger partial charge in [0.05, 0.1) is 6.61 Å². The van der Waals surface area contributed by atoms with Crippen molar-refractivity contribution in [3.8, 4) is 0 Å². The Morgan fingerprint density at radius 3 is 2.43 bits per heavy atom. The smallest absolute Gasteiger partial charge is 0.333 e. The Balaban J connectivity index is 3.76. The van der Waals surface area contributed by atoms with E-state index in [1.165, 1.54) is 0 Å². The van der Waals surface area contributed by atoms with Crippen LogP contribution in [0.1, 0.15) is 34.1 Å². The van der Waals surface area contributed by atoms with Crippen molar-refractivity contribution in [3.05, 3.63) is 12.2 Å². The van der Waals surface area contributed by atoms with Gasteiger partial charge in [-0.15, -0.1) is 0 Å². The van der Waals surface area contributed by atoms with Crippen LogP contribution in [-0.4, -0.2) is 18.1 Å². The molecule has 0 aromatic carbocycles. The summed E-state index contributed by atoms with van der Waals surface area (Å²) >= 11 is 0. The van der Waals surface area contributed by atoms with E-state index in [0.717, 1.165) is 6.42 Å². The zero-order valence-corrected chi connectivity index (χ0v) is 9.59. The van der Waals surface area contributed by atoms with Crippen molar-refractivity contribution in [3.63, 3.8) is 0 Å². The van der Waals surface area contributed by atoms with Gasteiger partial charge in [-0.25, -0.2) is 4.79 Å². The van der Waals surface area contributed by atoms with Gasteiger partial charge in [-0.05, 0) is 33.1 Å². The Kier molecular flexibility index (Phi) is 4.85. The molecule has 0 fully saturated rings. The Morgan fingerprint density at radius 1 is 1.57 bits per heavy atom. The first-order chi connectivity index (χ1) is 6.25. The van der Waals surface area contributed by atoms with E-state index in [-0.39, 0.29) is 11.5 Å². The Labute approximate surface area is 86.3 Å². The molecule has 0 spiro atoms. The zero-order valence-electron chi connectivity index (χ0n) is 9.59. The van der Waals surface area contributed by atoms with Crippen LogP contribution in [0.2, 0.25) is 0 Å². The molecule has 0 aliphatic heterocycles. The van der Waals surface area contributed by atoms with Gasteiger partial charge in [0.25, 0.3) is 0 Å². The van der Waals surface area contributed by atoms with E-state index in [2.05, 4.69) is 13.5 Å². The van der Waals surface area contributed by atoms with Crippen LogP contribution in [0.4, 0.5) is 0 Å². The molecule has 0 rings (SSSR count). The van der Waals surface area contributed by atoms with E-state index in [4.69, 9.17) is 10.5 Å². The zero-order chi connectivity index (χ0) is 11.4. The van der Waals surface area contributed by atoms with Crippen molar-refractivity contribution >= 4 is 5.97 Å². The molecule has 3 nitrogen and oxygen atoms in total. The van der Waals surface area contributed by atoms with Crippen molar-refractivity contribution in [2.45, 2.75) is 39.7 Å². The molecule has 0 radical (unpaired) electrons.